The highest BCUT2D eigenvalue weighted by Gasteiger charge is 2.22. The van der Waals surface area contributed by atoms with Crippen LogP contribution in [0.15, 0.2) is 0 Å². The van der Waals surface area contributed by atoms with E-state index in [0.717, 1.165) is 26.2 Å². The Morgan fingerprint density at radius 2 is 2.33 bits per heavy atom. The predicted molar refractivity (Wildman–Crippen MR) is 61.8 cm³/mol. The van der Waals surface area contributed by atoms with E-state index in [4.69, 9.17) is 0 Å². The van der Waals surface area contributed by atoms with Gasteiger partial charge in [-0.1, -0.05) is 13.3 Å². The molecule has 0 saturated carbocycles. The Labute approximate surface area is 92.4 Å². The van der Waals surface area contributed by atoms with Gasteiger partial charge in [-0.15, -0.1) is 0 Å². The van der Waals surface area contributed by atoms with E-state index < -0.39 is 0 Å². The number of nitrogens with zero attached hydrogens (tertiary/aromatic N) is 1. The first-order valence-corrected chi connectivity index (χ1v) is 5.99. The first kappa shape index (κ1) is 12.5. The maximum atomic E-state index is 11.5. The van der Waals surface area contributed by atoms with Gasteiger partial charge in [-0.3, -0.25) is 9.69 Å². The standard InChI is InChI=1S/C11H23N3O/c1-3-5-10-8-12-6-7-14(10)9-11(15)13-4-2/h10,12H,3-9H2,1-2H3,(H,13,15). The third-order valence-corrected chi connectivity index (χ3v) is 2.81. The van der Waals surface area contributed by atoms with Crippen LogP contribution in [0.2, 0.25) is 0 Å². The number of carbonyl (C=O) groups excluding carboxylic acids is 1. The molecule has 0 aromatic carbocycles. The second kappa shape index (κ2) is 6.80. The van der Waals surface area contributed by atoms with Gasteiger partial charge in [0.1, 0.15) is 0 Å². The summed E-state index contributed by atoms with van der Waals surface area (Å²) in [4.78, 5) is 13.8. The van der Waals surface area contributed by atoms with E-state index in [-0.39, 0.29) is 5.91 Å². The molecule has 15 heavy (non-hydrogen) atoms. The van der Waals surface area contributed by atoms with Gasteiger partial charge in [-0.05, 0) is 13.3 Å². The fourth-order valence-corrected chi connectivity index (χ4v) is 2.07. The summed E-state index contributed by atoms with van der Waals surface area (Å²) in [5.41, 5.74) is 0. The van der Waals surface area contributed by atoms with Crippen LogP contribution in [0.4, 0.5) is 0 Å². The molecule has 0 bridgehead atoms. The number of piperazine rings is 1. The second-order valence-electron chi connectivity index (χ2n) is 4.07. The predicted octanol–water partition coefficient (Wildman–Crippen LogP) is 0.196. The molecule has 1 aliphatic heterocycles. The molecule has 1 atom stereocenters. The third-order valence-electron chi connectivity index (χ3n) is 2.81. The lowest BCUT2D eigenvalue weighted by molar-refractivity contribution is -0.122. The minimum atomic E-state index is 0.153. The van der Waals surface area contributed by atoms with Crippen LogP contribution in [0.25, 0.3) is 0 Å². The van der Waals surface area contributed by atoms with E-state index >= 15 is 0 Å². The van der Waals surface area contributed by atoms with Crippen LogP contribution in [-0.2, 0) is 4.79 Å². The quantitative estimate of drug-likeness (QED) is 0.685. The van der Waals surface area contributed by atoms with Crippen molar-refractivity contribution < 1.29 is 4.79 Å². The Kier molecular flexibility index (Phi) is 5.65. The van der Waals surface area contributed by atoms with Gasteiger partial charge >= 0.3 is 0 Å². The fourth-order valence-electron chi connectivity index (χ4n) is 2.07. The molecule has 1 fully saturated rings. The van der Waals surface area contributed by atoms with Crippen LogP contribution >= 0.6 is 0 Å². The largest absolute Gasteiger partial charge is 0.355 e. The fraction of sp³-hybridized carbons (Fsp3) is 0.909. The number of hydrogen-bond donors (Lipinski definition) is 2. The minimum absolute atomic E-state index is 0.153. The Morgan fingerprint density at radius 1 is 1.53 bits per heavy atom. The summed E-state index contributed by atoms with van der Waals surface area (Å²) >= 11 is 0. The normalized spacial score (nSPS) is 22.7. The second-order valence-corrected chi connectivity index (χ2v) is 4.07. The highest BCUT2D eigenvalue weighted by Crippen LogP contribution is 2.08. The van der Waals surface area contributed by atoms with E-state index in [1.807, 2.05) is 6.92 Å². The molecule has 1 rings (SSSR count). The summed E-state index contributed by atoms with van der Waals surface area (Å²) in [5, 5.41) is 6.24. The van der Waals surface area contributed by atoms with Crippen LogP contribution in [0.1, 0.15) is 26.7 Å². The van der Waals surface area contributed by atoms with Crippen molar-refractivity contribution >= 4 is 5.91 Å². The molecule has 0 radical (unpaired) electrons. The summed E-state index contributed by atoms with van der Waals surface area (Å²) in [6.07, 6.45) is 2.35. The highest BCUT2D eigenvalue weighted by atomic mass is 16.2. The SMILES string of the molecule is CCCC1CNCCN1CC(=O)NCC. The molecule has 1 saturated heterocycles. The first-order valence-electron chi connectivity index (χ1n) is 5.99. The molecule has 1 heterocycles. The number of hydrogen-bond acceptors (Lipinski definition) is 3. The number of carbonyl (C=O) groups is 1. The maximum Gasteiger partial charge on any atom is 0.234 e. The molecule has 2 N–H and O–H groups in total. The van der Waals surface area contributed by atoms with Gasteiger partial charge in [0.15, 0.2) is 0 Å². The summed E-state index contributed by atoms with van der Waals surface area (Å²) < 4.78 is 0. The Hall–Kier alpha value is -0.610. The van der Waals surface area contributed by atoms with Crippen molar-refractivity contribution in [2.75, 3.05) is 32.7 Å². The lowest BCUT2D eigenvalue weighted by atomic mass is 10.1. The molecule has 1 aliphatic rings. The molecular weight excluding hydrogens is 190 g/mol. The summed E-state index contributed by atoms with van der Waals surface area (Å²) in [5.74, 6) is 0.153. The molecule has 88 valence electrons. The number of likely N-dealkylation sites (N-methyl/N-ethyl adjacent to an activating group) is 1. The van der Waals surface area contributed by atoms with Gasteiger partial charge < -0.3 is 10.6 Å². The molecule has 4 nitrogen and oxygen atoms in total. The maximum absolute atomic E-state index is 11.5. The topological polar surface area (TPSA) is 44.4 Å². The average molecular weight is 213 g/mol. The molecule has 0 aromatic rings. The summed E-state index contributed by atoms with van der Waals surface area (Å²) in [7, 11) is 0. The first-order chi connectivity index (χ1) is 7.27. The van der Waals surface area contributed by atoms with Gasteiger partial charge in [-0.2, -0.15) is 0 Å². The van der Waals surface area contributed by atoms with E-state index in [1.54, 1.807) is 0 Å². The molecular formula is C11H23N3O. The number of amides is 1. The Bertz CT molecular complexity index is 194. The van der Waals surface area contributed by atoms with Crippen molar-refractivity contribution in [3.05, 3.63) is 0 Å². The zero-order valence-corrected chi connectivity index (χ0v) is 9.88. The molecule has 0 aliphatic carbocycles. The van der Waals surface area contributed by atoms with Crippen LogP contribution < -0.4 is 10.6 Å². The van der Waals surface area contributed by atoms with E-state index in [2.05, 4.69) is 22.5 Å². The number of rotatable bonds is 5. The molecule has 0 aromatic heterocycles. The van der Waals surface area contributed by atoms with Crippen molar-refractivity contribution in [1.82, 2.24) is 15.5 Å². The van der Waals surface area contributed by atoms with E-state index in [1.165, 1.54) is 12.8 Å². The van der Waals surface area contributed by atoms with E-state index in [9.17, 15) is 4.79 Å². The highest BCUT2D eigenvalue weighted by molar-refractivity contribution is 5.77. The van der Waals surface area contributed by atoms with E-state index in [0.29, 0.717) is 12.6 Å². The zero-order valence-electron chi connectivity index (χ0n) is 9.88. The molecule has 1 amide bonds. The average Bonchev–Trinajstić information content (AvgIpc) is 2.21. The summed E-state index contributed by atoms with van der Waals surface area (Å²) in [6.45, 7) is 8.44. The minimum Gasteiger partial charge on any atom is -0.355 e. The van der Waals surface area contributed by atoms with Crippen molar-refractivity contribution in [2.24, 2.45) is 0 Å². The Morgan fingerprint density at radius 3 is 3.00 bits per heavy atom. The molecule has 0 spiro atoms. The number of nitrogens with one attached hydrogen (secondary N) is 2. The van der Waals surface area contributed by atoms with Crippen molar-refractivity contribution in [2.45, 2.75) is 32.7 Å². The van der Waals surface area contributed by atoms with Crippen molar-refractivity contribution in [3.63, 3.8) is 0 Å². The van der Waals surface area contributed by atoms with Crippen molar-refractivity contribution in [3.8, 4) is 0 Å². The molecule has 1 unspecified atom stereocenters. The summed E-state index contributed by atoms with van der Waals surface area (Å²) in [6, 6.07) is 0.534. The van der Waals surface area contributed by atoms with Crippen LogP contribution in [0.3, 0.4) is 0 Å². The van der Waals surface area contributed by atoms with Gasteiger partial charge in [0, 0.05) is 32.2 Å². The van der Waals surface area contributed by atoms with Gasteiger partial charge in [-0.25, -0.2) is 0 Å². The lowest BCUT2D eigenvalue weighted by Crippen LogP contribution is -2.53. The lowest BCUT2D eigenvalue weighted by Gasteiger charge is -2.35. The van der Waals surface area contributed by atoms with Gasteiger partial charge in [0.2, 0.25) is 5.91 Å². The van der Waals surface area contributed by atoms with Gasteiger partial charge in [0.25, 0.3) is 0 Å². The third kappa shape index (κ3) is 4.18. The van der Waals surface area contributed by atoms with Crippen molar-refractivity contribution in [1.29, 1.82) is 0 Å². The van der Waals surface area contributed by atoms with Crippen LogP contribution in [-0.4, -0.2) is 49.6 Å². The van der Waals surface area contributed by atoms with Crippen LogP contribution in [0.5, 0.6) is 0 Å². The van der Waals surface area contributed by atoms with Crippen LogP contribution in [0, 0.1) is 0 Å². The Balaban J connectivity index is 2.38. The monoisotopic (exact) mass is 213 g/mol. The van der Waals surface area contributed by atoms with Gasteiger partial charge in [0.05, 0.1) is 6.54 Å². The molecule has 4 heteroatoms. The smallest absolute Gasteiger partial charge is 0.234 e. The zero-order chi connectivity index (χ0) is 11.1.